The number of halogens is 1. The zero-order valence-corrected chi connectivity index (χ0v) is 8.25. The van der Waals surface area contributed by atoms with Gasteiger partial charge in [0.2, 0.25) is 0 Å². The molecule has 1 saturated heterocycles. The molecule has 1 amide bonds. The monoisotopic (exact) mass is 211 g/mol. The molecule has 74 valence electrons. The number of nitrogens with one attached hydrogen (secondary N) is 1. The molecule has 1 heterocycles. The van der Waals surface area contributed by atoms with E-state index in [4.69, 9.17) is 16.3 Å². The van der Waals surface area contributed by atoms with E-state index in [2.05, 4.69) is 5.32 Å². The predicted octanol–water partition coefficient (Wildman–Crippen LogP) is 2.51. The summed E-state index contributed by atoms with van der Waals surface area (Å²) in [5.41, 5.74) is 1.02. The molecule has 14 heavy (non-hydrogen) atoms. The number of alkyl carbamates (subject to hydrolysis) is 1. The number of amides is 1. The van der Waals surface area contributed by atoms with Crippen LogP contribution in [0.4, 0.5) is 4.79 Å². The highest BCUT2D eigenvalue weighted by Gasteiger charge is 2.20. The molecule has 1 aromatic rings. The van der Waals surface area contributed by atoms with E-state index in [1.54, 1.807) is 0 Å². The fourth-order valence-electron chi connectivity index (χ4n) is 1.50. The maximum atomic E-state index is 11.0. The Morgan fingerprint density at radius 2 is 2.36 bits per heavy atom. The molecule has 1 N–H and O–H groups in total. The average Bonchev–Trinajstić information content (AvgIpc) is 2.18. The van der Waals surface area contributed by atoms with Crippen molar-refractivity contribution in [2.24, 2.45) is 0 Å². The quantitative estimate of drug-likeness (QED) is 0.775. The maximum Gasteiger partial charge on any atom is 0.407 e. The van der Waals surface area contributed by atoms with Crippen molar-refractivity contribution in [3.8, 4) is 0 Å². The third-order valence-electron chi connectivity index (χ3n) is 2.18. The predicted molar refractivity (Wildman–Crippen MR) is 53.3 cm³/mol. The van der Waals surface area contributed by atoms with Crippen LogP contribution in [0.25, 0.3) is 0 Å². The first-order valence-electron chi connectivity index (χ1n) is 4.44. The first-order chi connectivity index (χ1) is 6.75. The van der Waals surface area contributed by atoms with E-state index in [9.17, 15) is 4.79 Å². The van der Waals surface area contributed by atoms with Gasteiger partial charge in [0.15, 0.2) is 0 Å². The lowest BCUT2D eigenvalue weighted by Crippen LogP contribution is -2.35. The van der Waals surface area contributed by atoms with E-state index in [0.717, 1.165) is 12.0 Å². The zero-order chi connectivity index (χ0) is 9.97. The Kier molecular flexibility index (Phi) is 2.59. The van der Waals surface area contributed by atoms with Gasteiger partial charge in [0, 0.05) is 11.4 Å². The van der Waals surface area contributed by atoms with Gasteiger partial charge >= 0.3 is 6.09 Å². The minimum atomic E-state index is -0.360. The van der Waals surface area contributed by atoms with Crippen LogP contribution >= 0.6 is 11.6 Å². The van der Waals surface area contributed by atoms with E-state index in [-0.39, 0.29) is 12.1 Å². The second-order valence-electron chi connectivity index (χ2n) is 3.18. The minimum absolute atomic E-state index is 0.0231. The van der Waals surface area contributed by atoms with E-state index in [1.165, 1.54) is 0 Å². The summed E-state index contributed by atoms with van der Waals surface area (Å²) in [6.45, 7) is 0.461. The van der Waals surface area contributed by atoms with Crippen molar-refractivity contribution in [2.45, 2.75) is 12.5 Å². The highest BCUT2D eigenvalue weighted by atomic mass is 35.5. The molecule has 4 heteroatoms. The molecule has 0 aliphatic carbocycles. The van der Waals surface area contributed by atoms with Crippen molar-refractivity contribution in [1.29, 1.82) is 0 Å². The summed E-state index contributed by atoms with van der Waals surface area (Å²) >= 11 is 5.86. The van der Waals surface area contributed by atoms with E-state index in [0.29, 0.717) is 11.6 Å². The number of hydrogen-bond acceptors (Lipinski definition) is 2. The van der Waals surface area contributed by atoms with Gasteiger partial charge in [0.05, 0.1) is 12.6 Å². The number of ether oxygens (including phenoxy) is 1. The second kappa shape index (κ2) is 3.88. The van der Waals surface area contributed by atoms with Gasteiger partial charge in [-0.2, -0.15) is 0 Å². The van der Waals surface area contributed by atoms with Crippen LogP contribution in [0.15, 0.2) is 24.3 Å². The van der Waals surface area contributed by atoms with Crippen LogP contribution in [-0.2, 0) is 4.74 Å². The number of rotatable bonds is 1. The molecule has 0 bridgehead atoms. The topological polar surface area (TPSA) is 38.3 Å². The molecule has 1 aliphatic heterocycles. The maximum absolute atomic E-state index is 11.0. The molecule has 3 nitrogen and oxygen atoms in total. The number of carbonyl (C=O) groups is 1. The molecule has 0 aromatic heterocycles. The van der Waals surface area contributed by atoms with Crippen molar-refractivity contribution in [3.05, 3.63) is 34.9 Å². The molecular weight excluding hydrogens is 202 g/mol. The molecule has 1 unspecified atom stereocenters. The Labute approximate surface area is 87.0 Å². The summed E-state index contributed by atoms with van der Waals surface area (Å²) < 4.78 is 4.78. The van der Waals surface area contributed by atoms with Gasteiger partial charge in [0.25, 0.3) is 0 Å². The summed E-state index contributed by atoms with van der Waals surface area (Å²) in [5.74, 6) is 0. The summed E-state index contributed by atoms with van der Waals surface area (Å²) in [4.78, 5) is 11.0. The SMILES string of the molecule is O=C1NC(c2cccc(Cl)c2)CCO1. The van der Waals surface area contributed by atoms with Crippen LogP contribution in [0.5, 0.6) is 0 Å². The van der Waals surface area contributed by atoms with Gasteiger partial charge in [0.1, 0.15) is 0 Å². The third-order valence-corrected chi connectivity index (χ3v) is 2.42. The number of benzene rings is 1. The van der Waals surface area contributed by atoms with Crippen molar-refractivity contribution < 1.29 is 9.53 Å². The van der Waals surface area contributed by atoms with Gasteiger partial charge in [-0.15, -0.1) is 0 Å². The Morgan fingerprint density at radius 1 is 1.50 bits per heavy atom. The van der Waals surface area contributed by atoms with Gasteiger partial charge < -0.3 is 10.1 Å². The molecule has 1 fully saturated rings. The Bertz CT molecular complexity index is 354. The van der Waals surface area contributed by atoms with Gasteiger partial charge in [-0.25, -0.2) is 4.79 Å². The van der Waals surface area contributed by atoms with Crippen molar-refractivity contribution in [1.82, 2.24) is 5.32 Å². The van der Waals surface area contributed by atoms with Crippen LogP contribution < -0.4 is 5.32 Å². The fraction of sp³-hybridized carbons (Fsp3) is 0.300. The minimum Gasteiger partial charge on any atom is -0.449 e. The molecule has 1 aliphatic rings. The van der Waals surface area contributed by atoms with Crippen molar-refractivity contribution in [2.75, 3.05) is 6.61 Å². The summed E-state index contributed by atoms with van der Waals surface area (Å²) in [5, 5.41) is 3.42. The van der Waals surface area contributed by atoms with Crippen LogP contribution in [0.1, 0.15) is 18.0 Å². The van der Waals surface area contributed by atoms with Gasteiger partial charge in [-0.3, -0.25) is 0 Å². The second-order valence-corrected chi connectivity index (χ2v) is 3.61. The molecule has 1 aromatic carbocycles. The molecule has 0 spiro atoms. The van der Waals surface area contributed by atoms with Crippen LogP contribution in [-0.4, -0.2) is 12.7 Å². The fourth-order valence-corrected chi connectivity index (χ4v) is 1.70. The van der Waals surface area contributed by atoms with Crippen LogP contribution in [0, 0.1) is 0 Å². The molecule has 1 atom stereocenters. The van der Waals surface area contributed by atoms with E-state index < -0.39 is 0 Å². The summed E-state index contributed by atoms with van der Waals surface area (Å²) in [6, 6.07) is 7.51. The molecule has 2 rings (SSSR count). The standard InChI is InChI=1S/C10H10ClNO2/c11-8-3-1-2-7(6-8)9-4-5-14-10(13)12-9/h1-3,6,9H,4-5H2,(H,12,13). The highest BCUT2D eigenvalue weighted by molar-refractivity contribution is 6.30. The average molecular weight is 212 g/mol. The number of carbonyl (C=O) groups excluding carboxylic acids is 1. The lowest BCUT2D eigenvalue weighted by molar-refractivity contribution is 0.115. The summed E-state index contributed by atoms with van der Waals surface area (Å²) in [7, 11) is 0. The lowest BCUT2D eigenvalue weighted by Gasteiger charge is -2.23. The number of hydrogen-bond donors (Lipinski definition) is 1. The van der Waals surface area contributed by atoms with E-state index >= 15 is 0 Å². The first kappa shape index (κ1) is 9.34. The van der Waals surface area contributed by atoms with Crippen LogP contribution in [0.2, 0.25) is 5.02 Å². The Balaban J connectivity index is 2.17. The van der Waals surface area contributed by atoms with Crippen molar-refractivity contribution in [3.63, 3.8) is 0 Å². The molecule has 0 radical (unpaired) electrons. The van der Waals surface area contributed by atoms with Gasteiger partial charge in [-0.05, 0) is 17.7 Å². The largest absolute Gasteiger partial charge is 0.449 e. The zero-order valence-electron chi connectivity index (χ0n) is 7.50. The summed E-state index contributed by atoms with van der Waals surface area (Å²) in [6.07, 6.45) is 0.424. The molecule has 0 saturated carbocycles. The lowest BCUT2D eigenvalue weighted by atomic mass is 10.0. The Hall–Kier alpha value is -1.22. The Morgan fingerprint density at radius 3 is 3.07 bits per heavy atom. The smallest absolute Gasteiger partial charge is 0.407 e. The van der Waals surface area contributed by atoms with Crippen molar-refractivity contribution >= 4 is 17.7 Å². The normalized spacial score (nSPS) is 21.2. The first-order valence-corrected chi connectivity index (χ1v) is 4.82. The molecular formula is C10H10ClNO2. The third kappa shape index (κ3) is 1.99. The number of cyclic esters (lactones) is 1. The highest BCUT2D eigenvalue weighted by Crippen LogP contribution is 2.22. The van der Waals surface area contributed by atoms with Crippen LogP contribution in [0.3, 0.4) is 0 Å². The van der Waals surface area contributed by atoms with Gasteiger partial charge in [-0.1, -0.05) is 23.7 Å². The van der Waals surface area contributed by atoms with E-state index in [1.807, 2.05) is 24.3 Å².